The average Bonchev–Trinajstić information content (AvgIpc) is 2.97. The molecule has 0 aliphatic heterocycles. The number of aromatic nitrogens is 2. The summed E-state index contributed by atoms with van der Waals surface area (Å²) in [5.41, 5.74) is 2.86. The number of H-pyrrole nitrogens is 1. The third kappa shape index (κ3) is 4.32. The molecule has 2 nitrogen and oxygen atoms in total. The highest BCUT2D eigenvalue weighted by molar-refractivity contribution is 9.10. The molecule has 3 aromatic rings. The minimum atomic E-state index is 0.687. The summed E-state index contributed by atoms with van der Waals surface area (Å²) in [4.78, 5) is 7.79. The second kappa shape index (κ2) is 8.85. The van der Waals surface area contributed by atoms with E-state index in [2.05, 4.69) is 25.9 Å². The van der Waals surface area contributed by atoms with Crippen molar-refractivity contribution in [2.24, 2.45) is 0 Å². The maximum absolute atomic E-state index is 6.18. The zero-order valence-corrected chi connectivity index (χ0v) is 15.1. The first-order valence-electron chi connectivity index (χ1n) is 7.14. The van der Waals surface area contributed by atoms with E-state index in [1.54, 1.807) is 0 Å². The first-order chi connectivity index (χ1) is 10.2. The molecule has 0 amide bonds. The van der Waals surface area contributed by atoms with Crippen molar-refractivity contribution < 1.29 is 0 Å². The number of nitrogens with zero attached hydrogens (tertiary/aromatic N) is 1. The molecular formula is C17H20BrClN2. The van der Waals surface area contributed by atoms with E-state index in [9.17, 15) is 0 Å². The first kappa shape index (κ1) is 17.7. The van der Waals surface area contributed by atoms with Gasteiger partial charge in [-0.2, -0.15) is 0 Å². The molecule has 0 aliphatic rings. The van der Waals surface area contributed by atoms with Gasteiger partial charge in [0, 0.05) is 10.0 Å². The van der Waals surface area contributed by atoms with Gasteiger partial charge >= 0.3 is 0 Å². The van der Waals surface area contributed by atoms with Crippen LogP contribution in [0, 0.1) is 0 Å². The van der Waals surface area contributed by atoms with E-state index in [0.29, 0.717) is 5.02 Å². The van der Waals surface area contributed by atoms with Gasteiger partial charge < -0.3 is 4.98 Å². The van der Waals surface area contributed by atoms with Crippen LogP contribution in [-0.2, 0) is 0 Å². The van der Waals surface area contributed by atoms with E-state index in [-0.39, 0.29) is 0 Å². The van der Waals surface area contributed by atoms with Gasteiger partial charge in [-0.05, 0) is 30.3 Å². The van der Waals surface area contributed by atoms with Crippen LogP contribution >= 0.6 is 27.5 Å². The molecule has 2 aromatic carbocycles. The Labute approximate surface area is 139 Å². The van der Waals surface area contributed by atoms with Crippen LogP contribution in [0.3, 0.4) is 0 Å². The summed E-state index contributed by atoms with van der Waals surface area (Å²) in [6.07, 6.45) is 0. The monoisotopic (exact) mass is 366 g/mol. The van der Waals surface area contributed by atoms with E-state index in [0.717, 1.165) is 26.9 Å². The molecule has 0 saturated heterocycles. The van der Waals surface area contributed by atoms with Gasteiger partial charge in [-0.1, -0.05) is 67.4 Å². The fraction of sp³-hybridized carbons (Fsp3) is 0.235. The number of benzene rings is 2. The van der Waals surface area contributed by atoms with Crippen LogP contribution in [0.15, 0.2) is 46.9 Å². The normalized spacial score (nSPS) is 9.43. The highest BCUT2D eigenvalue weighted by Gasteiger charge is 2.08. The molecule has 1 aromatic heterocycles. The smallest absolute Gasteiger partial charge is 0.140 e. The Morgan fingerprint density at radius 2 is 1.67 bits per heavy atom. The van der Waals surface area contributed by atoms with Crippen LogP contribution < -0.4 is 0 Å². The van der Waals surface area contributed by atoms with Gasteiger partial charge in [-0.3, -0.25) is 0 Å². The lowest BCUT2D eigenvalue weighted by atomic mass is 10.2. The van der Waals surface area contributed by atoms with Gasteiger partial charge in [-0.25, -0.2) is 4.98 Å². The van der Waals surface area contributed by atoms with Gasteiger partial charge in [0.25, 0.3) is 0 Å². The molecule has 0 aliphatic carbocycles. The van der Waals surface area contributed by atoms with E-state index < -0.39 is 0 Å². The summed E-state index contributed by atoms with van der Waals surface area (Å²) in [6.45, 7) is 8.00. The molecule has 0 fully saturated rings. The molecule has 0 spiro atoms. The second-order valence-corrected chi connectivity index (χ2v) is 5.05. The molecule has 0 unspecified atom stereocenters. The third-order valence-electron chi connectivity index (χ3n) is 2.57. The molecule has 0 atom stereocenters. The maximum Gasteiger partial charge on any atom is 0.140 e. The van der Waals surface area contributed by atoms with E-state index >= 15 is 0 Å². The molecule has 0 saturated carbocycles. The number of hydrogen-bond donors (Lipinski definition) is 1. The standard InChI is InChI=1S/C13H8BrClN2.2C2H6/c14-8-5-6-10(15)9(7-8)13-16-11-3-1-2-4-12(11)17-13;2*1-2/h1-7H,(H,16,17);2*1-2H3. The first-order valence-corrected chi connectivity index (χ1v) is 8.31. The minimum Gasteiger partial charge on any atom is -0.338 e. The number of rotatable bonds is 1. The minimum absolute atomic E-state index is 0.687. The summed E-state index contributed by atoms with van der Waals surface area (Å²) >= 11 is 9.61. The van der Waals surface area contributed by atoms with Gasteiger partial charge in [0.05, 0.1) is 16.1 Å². The fourth-order valence-electron chi connectivity index (χ4n) is 1.76. The average molecular weight is 368 g/mol. The zero-order valence-electron chi connectivity index (χ0n) is 12.7. The lowest BCUT2D eigenvalue weighted by molar-refractivity contribution is 1.33. The van der Waals surface area contributed by atoms with Crippen LogP contribution in [0.1, 0.15) is 27.7 Å². The SMILES string of the molecule is CC.CC.Clc1ccc(Br)cc1-c1nc2ccccc2[nH]1. The Bertz CT molecular complexity index is 659. The van der Waals surface area contributed by atoms with Crippen LogP contribution in [0.2, 0.25) is 5.02 Å². The van der Waals surface area contributed by atoms with Crippen molar-refractivity contribution in [3.8, 4) is 11.4 Å². The van der Waals surface area contributed by atoms with Gasteiger partial charge in [0.15, 0.2) is 0 Å². The number of nitrogens with one attached hydrogen (secondary N) is 1. The topological polar surface area (TPSA) is 28.7 Å². The Balaban J connectivity index is 0.000000510. The van der Waals surface area contributed by atoms with Crippen LogP contribution in [0.4, 0.5) is 0 Å². The Morgan fingerprint density at radius 3 is 2.33 bits per heavy atom. The van der Waals surface area contributed by atoms with E-state index in [1.165, 1.54) is 0 Å². The lowest BCUT2D eigenvalue weighted by Crippen LogP contribution is -1.82. The predicted molar refractivity (Wildman–Crippen MR) is 96.9 cm³/mol. The predicted octanol–water partition coefficient (Wildman–Crippen LogP) is 6.70. The summed E-state index contributed by atoms with van der Waals surface area (Å²) in [7, 11) is 0. The summed E-state index contributed by atoms with van der Waals surface area (Å²) in [5, 5.41) is 0.687. The molecule has 3 rings (SSSR count). The van der Waals surface area contributed by atoms with E-state index in [4.69, 9.17) is 11.6 Å². The van der Waals surface area contributed by atoms with E-state index in [1.807, 2.05) is 70.2 Å². The van der Waals surface area contributed by atoms with Crippen molar-refractivity contribution in [3.05, 3.63) is 52.0 Å². The van der Waals surface area contributed by atoms with Crippen molar-refractivity contribution in [3.63, 3.8) is 0 Å². The van der Waals surface area contributed by atoms with Gasteiger partial charge in [0.1, 0.15) is 5.82 Å². The highest BCUT2D eigenvalue weighted by Crippen LogP contribution is 2.30. The number of halogens is 2. The van der Waals surface area contributed by atoms with Crippen molar-refractivity contribution in [2.45, 2.75) is 27.7 Å². The quantitative estimate of drug-likeness (QED) is 0.509. The Morgan fingerprint density at radius 1 is 1.00 bits per heavy atom. The van der Waals surface area contributed by atoms with Crippen molar-refractivity contribution in [1.29, 1.82) is 0 Å². The van der Waals surface area contributed by atoms with Crippen molar-refractivity contribution in [1.82, 2.24) is 9.97 Å². The highest BCUT2D eigenvalue weighted by atomic mass is 79.9. The summed E-state index contributed by atoms with van der Waals surface area (Å²) in [6, 6.07) is 13.6. The van der Waals surface area contributed by atoms with Gasteiger partial charge in [0.2, 0.25) is 0 Å². The molecule has 21 heavy (non-hydrogen) atoms. The third-order valence-corrected chi connectivity index (χ3v) is 3.40. The number of hydrogen-bond acceptors (Lipinski definition) is 1. The molecule has 1 heterocycles. The number of aromatic amines is 1. The number of fused-ring (bicyclic) bond motifs is 1. The Hall–Kier alpha value is -1.32. The van der Waals surface area contributed by atoms with Gasteiger partial charge in [-0.15, -0.1) is 0 Å². The lowest BCUT2D eigenvalue weighted by Gasteiger charge is -2.00. The summed E-state index contributed by atoms with van der Waals surface area (Å²) < 4.78 is 0.984. The number of para-hydroxylation sites is 2. The number of imidazole rings is 1. The zero-order chi connectivity index (χ0) is 15.8. The van der Waals surface area contributed by atoms with Crippen LogP contribution in [0.25, 0.3) is 22.4 Å². The largest absolute Gasteiger partial charge is 0.338 e. The molecule has 0 bridgehead atoms. The Kier molecular flexibility index (Phi) is 7.48. The molecule has 4 heteroatoms. The molecule has 112 valence electrons. The summed E-state index contributed by atoms with van der Waals surface area (Å²) in [5.74, 6) is 0.789. The van der Waals surface area contributed by atoms with Crippen molar-refractivity contribution in [2.75, 3.05) is 0 Å². The molecule has 1 N–H and O–H groups in total. The molecule has 0 radical (unpaired) electrons. The molecular weight excluding hydrogens is 348 g/mol. The van der Waals surface area contributed by atoms with Crippen molar-refractivity contribution >= 4 is 38.6 Å². The fourth-order valence-corrected chi connectivity index (χ4v) is 2.33. The van der Waals surface area contributed by atoms with Crippen LogP contribution in [0.5, 0.6) is 0 Å². The second-order valence-electron chi connectivity index (χ2n) is 3.73. The maximum atomic E-state index is 6.18. The van der Waals surface area contributed by atoms with Crippen LogP contribution in [-0.4, -0.2) is 9.97 Å².